The lowest BCUT2D eigenvalue weighted by Gasteiger charge is -2.24. The van der Waals surface area contributed by atoms with Crippen LogP contribution in [0.25, 0.3) is 0 Å². The summed E-state index contributed by atoms with van der Waals surface area (Å²) < 4.78 is 32.9. The lowest BCUT2D eigenvalue weighted by molar-refractivity contribution is 0.101. The molecule has 0 bridgehead atoms. The van der Waals surface area contributed by atoms with E-state index in [4.69, 9.17) is 4.74 Å². The molecule has 0 unspecified atom stereocenters. The molecule has 0 heterocycles. The van der Waals surface area contributed by atoms with Gasteiger partial charge in [0.1, 0.15) is 11.5 Å². The summed E-state index contributed by atoms with van der Waals surface area (Å²) in [7, 11) is -2.75. The van der Waals surface area contributed by atoms with Gasteiger partial charge in [-0.15, -0.1) is 0 Å². The average Bonchev–Trinajstić information content (AvgIpc) is 2.72. The normalized spacial score (nSPS) is 11.2. The fraction of sp³-hybridized carbons (Fsp3) is 0.174. The molecule has 0 radical (unpaired) electrons. The highest BCUT2D eigenvalue weighted by molar-refractivity contribution is 7.93. The van der Waals surface area contributed by atoms with Gasteiger partial charge in [-0.05, 0) is 80.4 Å². The number of anilines is 1. The minimum atomic E-state index is -4.24. The number of aryl methyl sites for hydroxylation is 3. The number of aromatic hydroxyl groups is 1. The number of rotatable bonds is 5. The Kier molecular flexibility index (Phi) is 5.85. The van der Waals surface area contributed by atoms with E-state index < -0.39 is 15.9 Å². The molecule has 0 atom stereocenters. The Morgan fingerprint density at radius 1 is 0.900 bits per heavy atom. The van der Waals surface area contributed by atoms with Gasteiger partial charge in [-0.25, -0.2) is 8.42 Å². The first-order valence-electron chi connectivity index (χ1n) is 9.25. The summed E-state index contributed by atoms with van der Waals surface area (Å²) in [6.07, 6.45) is 0. The number of hydrogen-bond donors (Lipinski definition) is 1. The molecule has 3 aromatic carbocycles. The number of nitrogens with zero attached hydrogens (tertiary/aromatic N) is 1. The van der Waals surface area contributed by atoms with Crippen LogP contribution in [0.5, 0.6) is 11.5 Å². The van der Waals surface area contributed by atoms with Crippen molar-refractivity contribution in [2.24, 2.45) is 0 Å². The van der Waals surface area contributed by atoms with Crippen LogP contribution in [0.2, 0.25) is 0 Å². The number of amides is 1. The minimum Gasteiger partial charge on any atom is -0.507 e. The SMILES string of the molecule is COc1ccc(S(=O)(=O)N(C(=O)c2ccc(C)cc2)c2cc(C)c(O)c(C)c2)cc1. The molecule has 30 heavy (non-hydrogen) atoms. The fourth-order valence-corrected chi connectivity index (χ4v) is 4.48. The Hall–Kier alpha value is -3.32. The molecule has 0 saturated heterocycles. The summed E-state index contributed by atoms with van der Waals surface area (Å²) in [5, 5.41) is 10.1. The molecule has 0 spiro atoms. The van der Waals surface area contributed by atoms with Crippen molar-refractivity contribution < 1.29 is 23.1 Å². The van der Waals surface area contributed by atoms with Crippen molar-refractivity contribution in [3.63, 3.8) is 0 Å². The third-order valence-electron chi connectivity index (χ3n) is 4.79. The number of phenolic OH excluding ortho intramolecular Hbond substituents is 1. The summed E-state index contributed by atoms with van der Waals surface area (Å²) in [5.74, 6) is -0.125. The zero-order chi connectivity index (χ0) is 22.1. The van der Waals surface area contributed by atoms with E-state index in [1.165, 1.54) is 43.5 Å². The fourth-order valence-electron chi connectivity index (χ4n) is 3.08. The zero-order valence-electron chi connectivity index (χ0n) is 17.2. The van der Waals surface area contributed by atoms with Crippen LogP contribution < -0.4 is 9.04 Å². The van der Waals surface area contributed by atoms with Crippen LogP contribution in [0.4, 0.5) is 5.69 Å². The van der Waals surface area contributed by atoms with E-state index in [9.17, 15) is 18.3 Å². The van der Waals surface area contributed by atoms with E-state index in [-0.39, 0.29) is 21.9 Å². The zero-order valence-corrected chi connectivity index (χ0v) is 18.0. The molecule has 1 N–H and O–H groups in total. The summed E-state index contributed by atoms with van der Waals surface area (Å²) in [6, 6.07) is 15.5. The van der Waals surface area contributed by atoms with Gasteiger partial charge in [-0.2, -0.15) is 4.31 Å². The van der Waals surface area contributed by atoms with Crippen LogP contribution in [0.1, 0.15) is 27.0 Å². The summed E-state index contributed by atoms with van der Waals surface area (Å²) in [5.41, 5.74) is 2.28. The van der Waals surface area contributed by atoms with Crippen molar-refractivity contribution >= 4 is 21.6 Å². The monoisotopic (exact) mass is 425 g/mol. The van der Waals surface area contributed by atoms with Crippen LogP contribution >= 0.6 is 0 Å². The number of ether oxygens (including phenoxy) is 1. The highest BCUT2D eigenvalue weighted by Gasteiger charge is 2.32. The van der Waals surface area contributed by atoms with Crippen molar-refractivity contribution in [2.45, 2.75) is 25.7 Å². The smallest absolute Gasteiger partial charge is 0.272 e. The third kappa shape index (κ3) is 4.02. The molecule has 0 saturated carbocycles. The van der Waals surface area contributed by atoms with Crippen molar-refractivity contribution in [3.8, 4) is 11.5 Å². The molecule has 7 heteroatoms. The molecular weight excluding hydrogens is 402 g/mol. The van der Waals surface area contributed by atoms with Crippen molar-refractivity contribution in [1.29, 1.82) is 0 Å². The van der Waals surface area contributed by atoms with Gasteiger partial charge in [0.15, 0.2) is 0 Å². The van der Waals surface area contributed by atoms with Gasteiger partial charge < -0.3 is 9.84 Å². The highest BCUT2D eigenvalue weighted by atomic mass is 32.2. The predicted molar refractivity (Wildman–Crippen MR) is 116 cm³/mol. The molecule has 0 aliphatic heterocycles. The molecule has 1 amide bonds. The number of sulfonamides is 1. The third-order valence-corrected chi connectivity index (χ3v) is 6.52. The summed E-state index contributed by atoms with van der Waals surface area (Å²) in [6.45, 7) is 5.19. The maximum atomic E-state index is 13.5. The van der Waals surface area contributed by atoms with Crippen LogP contribution in [-0.2, 0) is 10.0 Å². The van der Waals surface area contributed by atoms with Gasteiger partial charge in [0.2, 0.25) is 0 Å². The van der Waals surface area contributed by atoms with Crippen molar-refractivity contribution in [3.05, 3.63) is 82.9 Å². The van der Waals surface area contributed by atoms with Gasteiger partial charge >= 0.3 is 0 Å². The maximum Gasteiger partial charge on any atom is 0.272 e. The van der Waals surface area contributed by atoms with E-state index >= 15 is 0 Å². The highest BCUT2D eigenvalue weighted by Crippen LogP contribution is 2.32. The Bertz CT molecular complexity index is 1160. The number of carbonyl (C=O) groups is 1. The van der Waals surface area contributed by atoms with E-state index in [0.29, 0.717) is 16.9 Å². The Morgan fingerprint density at radius 3 is 1.93 bits per heavy atom. The Labute approximate surface area is 176 Å². The van der Waals surface area contributed by atoms with Gasteiger partial charge in [0.05, 0.1) is 17.7 Å². The van der Waals surface area contributed by atoms with Gasteiger partial charge in [0.25, 0.3) is 15.9 Å². The number of hydrogen-bond acceptors (Lipinski definition) is 5. The number of methoxy groups -OCH3 is 1. The van der Waals surface area contributed by atoms with Gasteiger partial charge in [-0.1, -0.05) is 17.7 Å². The Morgan fingerprint density at radius 2 is 1.43 bits per heavy atom. The molecule has 156 valence electrons. The topological polar surface area (TPSA) is 83.9 Å². The van der Waals surface area contributed by atoms with E-state index in [2.05, 4.69) is 0 Å². The quantitative estimate of drug-likeness (QED) is 0.657. The molecule has 0 aliphatic carbocycles. The predicted octanol–water partition coefficient (Wildman–Crippen LogP) is 4.36. The molecule has 0 aromatic heterocycles. The lowest BCUT2D eigenvalue weighted by atomic mass is 10.1. The second kappa shape index (κ2) is 8.20. The molecule has 0 fully saturated rings. The Balaban J connectivity index is 2.20. The van der Waals surface area contributed by atoms with Crippen molar-refractivity contribution in [1.82, 2.24) is 0 Å². The van der Waals surface area contributed by atoms with E-state index in [1.807, 2.05) is 6.92 Å². The first-order valence-corrected chi connectivity index (χ1v) is 10.7. The van der Waals surface area contributed by atoms with E-state index in [1.54, 1.807) is 38.1 Å². The molecular formula is C23H23NO5S. The van der Waals surface area contributed by atoms with Crippen LogP contribution in [0.3, 0.4) is 0 Å². The van der Waals surface area contributed by atoms with Crippen molar-refractivity contribution in [2.75, 3.05) is 11.4 Å². The van der Waals surface area contributed by atoms with Gasteiger partial charge in [0, 0.05) is 5.56 Å². The minimum absolute atomic E-state index is 0.0489. The molecule has 3 rings (SSSR count). The largest absolute Gasteiger partial charge is 0.507 e. The molecule has 3 aromatic rings. The summed E-state index contributed by atoms with van der Waals surface area (Å²) >= 11 is 0. The first kappa shape index (κ1) is 21.4. The van der Waals surface area contributed by atoms with Crippen LogP contribution in [0, 0.1) is 20.8 Å². The number of benzene rings is 3. The number of carbonyl (C=O) groups excluding carboxylic acids is 1. The standard InChI is InChI=1S/C23H23NO5S/c1-15-5-7-18(8-6-15)23(26)24(19-13-16(2)22(25)17(3)14-19)30(27,28)21-11-9-20(29-4)10-12-21/h5-14,25H,1-4H3. The first-order chi connectivity index (χ1) is 14.1. The molecule has 6 nitrogen and oxygen atoms in total. The molecule has 0 aliphatic rings. The number of phenols is 1. The van der Waals surface area contributed by atoms with E-state index in [0.717, 1.165) is 9.87 Å². The summed E-state index contributed by atoms with van der Waals surface area (Å²) in [4.78, 5) is 13.3. The second-order valence-corrected chi connectivity index (χ2v) is 8.83. The lowest BCUT2D eigenvalue weighted by Crippen LogP contribution is -2.37. The van der Waals surface area contributed by atoms with Crippen LogP contribution in [0.15, 0.2) is 65.6 Å². The van der Waals surface area contributed by atoms with Gasteiger partial charge in [-0.3, -0.25) is 4.79 Å². The second-order valence-electron chi connectivity index (χ2n) is 7.04. The van der Waals surface area contributed by atoms with Crippen LogP contribution in [-0.4, -0.2) is 26.5 Å². The average molecular weight is 426 g/mol. The maximum absolute atomic E-state index is 13.5.